The van der Waals surface area contributed by atoms with E-state index in [1.165, 1.54) is 50.6 Å². The number of imide groups is 2. The third-order valence-corrected chi connectivity index (χ3v) is 7.23. The SMILES string of the molecule is COc1ccc(N2C(=O)NC(=O)/C(=C/C3=C(Cl)C(=C/c4c(O)[nH]c(=O)n(-c5ccc(OC)cc5)c4=O)/CC3)C2=O)cc1. The summed E-state index contributed by atoms with van der Waals surface area (Å²) in [7, 11) is 2.96. The molecule has 2 aromatic carbocycles. The summed E-state index contributed by atoms with van der Waals surface area (Å²) in [6.45, 7) is 0. The van der Waals surface area contributed by atoms with Gasteiger partial charge >= 0.3 is 11.7 Å². The zero-order valence-electron chi connectivity index (χ0n) is 22.3. The van der Waals surface area contributed by atoms with Gasteiger partial charge in [0, 0.05) is 5.03 Å². The van der Waals surface area contributed by atoms with Gasteiger partial charge in [0.25, 0.3) is 17.4 Å². The van der Waals surface area contributed by atoms with E-state index in [1.54, 1.807) is 24.3 Å². The number of aromatic nitrogens is 2. The number of benzene rings is 2. The zero-order chi connectivity index (χ0) is 30.1. The molecule has 42 heavy (non-hydrogen) atoms. The number of carbonyl (C=O) groups is 3. The molecule has 1 aromatic heterocycles. The highest BCUT2D eigenvalue weighted by Crippen LogP contribution is 2.37. The van der Waals surface area contributed by atoms with E-state index < -0.39 is 35.0 Å². The van der Waals surface area contributed by atoms with Crippen LogP contribution in [0.25, 0.3) is 11.8 Å². The number of urea groups is 1. The van der Waals surface area contributed by atoms with E-state index in [-0.39, 0.29) is 27.5 Å². The van der Waals surface area contributed by atoms with E-state index in [2.05, 4.69) is 10.3 Å². The second-order valence-corrected chi connectivity index (χ2v) is 9.57. The summed E-state index contributed by atoms with van der Waals surface area (Å²) in [5, 5.41) is 12.7. The third kappa shape index (κ3) is 5.10. The summed E-state index contributed by atoms with van der Waals surface area (Å²) >= 11 is 6.60. The number of hydrogen-bond acceptors (Lipinski definition) is 8. The molecule has 0 atom stereocenters. The molecular weight excluding hydrogens is 568 g/mol. The smallest absolute Gasteiger partial charge is 0.335 e. The minimum atomic E-state index is -0.902. The number of barbiturate groups is 1. The summed E-state index contributed by atoms with van der Waals surface area (Å²) < 4.78 is 11.1. The van der Waals surface area contributed by atoms with Crippen molar-refractivity contribution in [2.75, 3.05) is 19.1 Å². The quantitative estimate of drug-likeness (QED) is 0.291. The predicted molar refractivity (Wildman–Crippen MR) is 153 cm³/mol. The Hall–Kier alpha value is -5.36. The first-order valence-corrected chi connectivity index (χ1v) is 12.9. The molecule has 1 fully saturated rings. The van der Waals surface area contributed by atoms with Crippen molar-refractivity contribution in [1.82, 2.24) is 14.9 Å². The molecule has 0 spiro atoms. The van der Waals surface area contributed by atoms with Crippen LogP contribution < -0.4 is 30.9 Å². The number of anilines is 1. The Labute approximate surface area is 242 Å². The Balaban J connectivity index is 1.50. The Morgan fingerprint density at radius 3 is 2.05 bits per heavy atom. The first kappa shape index (κ1) is 28.2. The van der Waals surface area contributed by atoms with E-state index in [9.17, 15) is 29.1 Å². The maximum absolute atomic E-state index is 13.3. The van der Waals surface area contributed by atoms with Crippen molar-refractivity contribution < 1.29 is 29.0 Å². The Morgan fingerprint density at radius 2 is 1.45 bits per heavy atom. The molecule has 0 unspecified atom stereocenters. The van der Waals surface area contributed by atoms with Gasteiger partial charge in [0.15, 0.2) is 0 Å². The number of ether oxygens (including phenoxy) is 2. The average molecular weight is 591 g/mol. The van der Waals surface area contributed by atoms with Crippen LogP contribution >= 0.6 is 11.6 Å². The highest BCUT2D eigenvalue weighted by Gasteiger charge is 2.37. The van der Waals surface area contributed by atoms with Gasteiger partial charge in [0.2, 0.25) is 5.88 Å². The van der Waals surface area contributed by atoms with Crippen LogP contribution in [0.2, 0.25) is 0 Å². The molecule has 2 aliphatic rings. The highest BCUT2D eigenvalue weighted by atomic mass is 35.5. The number of allylic oxidation sites excluding steroid dienone is 4. The number of methoxy groups -OCH3 is 2. The van der Waals surface area contributed by atoms with E-state index in [0.29, 0.717) is 35.5 Å². The highest BCUT2D eigenvalue weighted by molar-refractivity contribution is 6.38. The van der Waals surface area contributed by atoms with Crippen molar-refractivity contribution in [3.63, 3.8) is 0 Å². The van der Waals surface area contributed by atoms with Gasteiger partial charge in [-0.3, -0.25) is 24.7 Å². The van der Waals surface area contributed by atoms with E-state index in [1.807, 2.05) is 0 Å². The molecule has 4 amide bonds. The molecule has 13 heteroatoms. The summed E-state index contributed by atoms with van der Waals surface area (Å²) in [6, 6.07) is 11.4. The molecule has 1 aliphatic heterocycles. The number of nitrogens with one attached hydrogen (secondary N) is 2. The number of nitrogens with zero attached hydrogens (tertiary/aromatic N) is 2. The summed E-state index contributed by atoms with van der Waals surface area (Å²) in [5.74, 6) is -1.33. The first-order valence-electron chi connectivity index (χ1n) is 12.5. The molecule has 2 heterocycles. The number of H-pyrrole nitrogens is 1. The van der Waals surface area contributed by atoms with Crippen molar-refractivity contribution in [2.24, 2.45) is 0 Å². The maximum atomic E-state index is 13.3. The number of amides is 4. The topological polar surface area (TPSA) is 160 Å². The molecule has 0 radical (unpaired) electrons. The van der Waals surface area contributed by atoms with E-state index in [0.717, 1.165) is 9.47 Å². The molecule has 0 bridgehead atoms. The van der Waals surface area contributed by atoms with E-state index >= 15 is 0 Å². The molecule has 1 saturated heterocycles. The molecule has 3 aromatic rings. The number of aromatic amines is 1. The molecule has 5 rings (SSSR count). The Morgan fingerprint density at radius 1 is 0.857 bits per heavy atom. The van der Waals surface area contributed by atoms with Crippen LogP contribution in [-0.4, -0.2) is 46.7 Å². The zero-order valence-corrected chi connectivity index (χ0v) is 23.0. The van der Waals surface area contributed by atoms with Gasteiger partial charge in [0.05, 0.1) is 25.6 Å². The van der Waals surface area contributed by atoms with Gasteiger partial charge in [-0.25, -0.2) is 19.1 Å². The maximum Gasteiger partial charge on any atom is 0.335 e. The fourth-order valence-corrected chi connectivity index (χ4v) is 4.87. The third-order valence-electron chi connectivity index (χ3n) is 6.74. The van der Waals surface area contributed by atoms with Crippen LogP contribution in [0.4, 0.5) is 10.5 Å². The molecular formula is C29H23ClN4O8. The number of rotatable bonds is 6. The molecule has 0 saturated carbocycles. The summed E-state index contributed by atoms with van der Waals surface area (Å²) in [6.07, 6.45) is 3.24. The number of hydrogen-bond donors (Lipinski definition) is 3. The lowest BCUT2D eigenvalue weighted by Gasteiger charge is -2.26. The number of carbonyl (C=O) groups excluding carboxylic acids is 3. The number of halogens is 1. The fourth-order valence-electron chi connectivity index (χ4n) is 4.57. The van der Waals surface area contributed by atoms with E-state index in [4.69, 9.17) is 21.1 Å². The van der Waals surface area contributed by atoms with Gasteiger partial charge in [-0.1, -0.05) is 11.6 Å². The monoisotopic (exact) mass is 590 g/mol. The lowest BCUT2D eigenvalue weighted by atomic mass is 10.1. The lowest BCUT2D eigenvalue weighted by Crippen LogP contribution is -2.54. The van der Waals surface area contributed by atoms with Crippen molar-refractivity contribution >= 4 is 41.2 Å². The van der Waals surface area contributed by atoms with Crippen molar-refractivity contribution in [1.29, 1.82) is 0 Å². The predicted octanol–water partition coefficient (Wildman–Crippen LogP) is 3.13. The molecule has 1 aliphatic carbocycles. The Kier molecular flexibility index (Phi) is 7.55. The molecule has 214 valence electrons. The first-order chi connectivity index (χ1) is 20.1. The summed E-state index contributed by atoms with van der Waals surface area (Å²) in [4.78, 5) is 67.3. The van der Waals surface area contributed by atoms with Crippen LogP contribution in [-0.2, 0) is 9.59 Å². The minimum absolute atomic E-state index is 0.150. The average Bonchev–Trinajstić information content (AvgIpc) is 3.32. The largest absolute Gasteiger partial charge is 0.497 e. The van der Waals surface area contributed by atoms with Gasteiger partial charge in [-0.2, -0.15) is 0 Å². The van der Waals surface area contributed by atoms with Crippen LogP contribution in [0.15, 0.2) is 85.9 Å². The minimum Gasteiger partial charge on any atom is -0.497 e. The fraction of sp³-hybridized carbons (Fsp3) is 0.138. The van der Waals surface area contributed by atoms with Crippen LogP contribution in [0.1, 0.15) is 18.4 Å². The summed E-state index contributed by atoms with van der Waals surface area (Å²) in [5.41, 5.74) is -0.852. The molecule has 3 N–H and O–H groups in total. The second kappa shape index (κ2) is 11.3. The van der Waals surface area contributed by atoms with Crippen molar-refractivity contribution in [3.05, 3.63) is 103 Å². The van der Waals surface area contributed by atoms with Crippen LogP contribution in [0, 0.1) is 0 Å². The molecule has 12 nitrogen and oxygen atoms in total. The van der Waals surface area contributed by atoms with Gasteiger partial charge in [0.1, 0.15) is 22.6 Å². The Bertz CT molecular complexity index is 1830. The van der Waals surface area contributed by atoms with Gasteiger partial charge in [-0.15, -0.1) is 0 Å². The lowest BCUT2D eigenvalue weighted by molar-refractivity contribution is -0.122. The normalized spacial score (nSPS) is 17.3. The second-order valence-electron chi connectivity index (χ2n) is 9.20. The number of aromatic hydroxyl groups is 1. The van der Waals surface area contributed by atoms with Gasteiger partial charge in [-0.05, 0) is 84.7 Å². The standard InChI is InChI=1S/C29H23ClN4O8/c1-41-19-9-5-17(6-10-19)33-26(37)21(24(35)31-28(33)39)13-15-3-4-16(23(15)30)14-22-25(36)32-29(40)34(27(22)38)18-7-11-20(42-2)12-8-18/h5-14,35H,3-4H2,1-2H3,(H,31,39)(H,32,36,40)/b15-13+,22-14-. The van der Waals surface area contributed by atoms with Crippen LogP contribution in [0.5, 0.6) is 17.4 Å². The van der Waals surface area contributed by atoms with Gasteiger partial charge < -0.3 is 14.6 Å². The van der Waals surface area contributed by atoms with Crippen LogP contribution in [0.3, 0.4) is 0 Å². The van der Waals surface area contributed by atoms with Crippen molar-refractivity contribution in [3.8, 4) is 23.1 Å². The van der Waals surface area contributed by atoms with Crippen molar-refractivity contribution in [2.45, 2.75) is 12.8 Å².